The number of carboxylic acids is 1. The van der Waals surface area contributed by atoms with Crippen LogP contribution in [-0.2, 0) is 0 Å². The van der Waals surface area contributed by atoms with Crippen LogP contribution in [0.3, 0.4) is 0 Å². The molecule has 0 amide bonds. The molecule has 0 radical (unpaired) electrons. The number of methoxy groups -OCH3 is 1. The Hall–Kier alpha value is -2.01. The zero-order valence-corrected chi connectivity index (χ0v) is 12.1. The molecule has 0 saturated heterocycles. The second-order valence-electron chi connectivity index (χ2n) is 4.62. The van der Waals surface area contributed by atoms with E-state index in [0.29, 0.717) is 22.1 Å². The van der Waals surface area contributed by atoms with Crippen molar-refractivity contribution in [2.24, 2.45) is 0 Å². The Labute approximate surface area is 121 Å². The van der Waals surface area contributed by atoms with E-state index in [1.54, 1.807) is 0 Å². The van der Waals surface area contributed by atoms with Crippen molar-refractivity contribution >= 4 is 17.6 Å². The van der Waals surface area contributed by atoms with Gasteiger partial charge in [-0.3, -0.25) is 0 Å². The van der Waals surface area contributed by atoms with Crippen LogP contribution in [0.15, 0.2) is 22.7 Å². The highest BCUT2D eigenvalue weighted by atomic mass is 35.5. The third-order valence-corrected chi connectivity index (χ3v) is 3.33. The topological polar surface area (TPSA) is 72.6 Å². The average molecular weight is 296 g/mol. The molecule has 1 aromatic heterocycles. The van der Waals surface area contributed by atoms with E-state index in [9.17, 15) is 4.79 Å². The lowest BCUT2D eigenvalue weighted by molar-refractivity contribution is 0.0686. The summed E-state index contributed by atoms with van der Waals surface area (Å²) in [4.78, 5) is 10.8. The number of benzene rings is 1. The molecule has 0 aliphatic carbocycles. The molecule has 20 heavy (non-hydrogen) atoms. The fourth-order valence-corrected chi connectivity index (χ4v) is 2.06. The zero-order valence-electron chi connectivity index (χ0n) is 11.3. The van der Waals surface area contributed by atoms with Gasteiger partial charge >= 0.3 is 5.97 Å². The fraction of sp³-hybridized carbons (Fsp3) is 0.286. The van der Waals surface area contributed by atoms with Crippen LogP contribution < -0.4 is 4.74 Å². The van der Waals surface area contributed by atoms with Gasteiger partial charge in [-0.2, -0.15) is 0 Å². The van der Waals surface area contributed by atoms with Gasteiger partial charge in [0.05, 0.1) is 12.1 Å². The average Bonchev–Trinajstić information content (AvgIpc) is 2.88. The van der Waals surface area contributed by atoms with Gasteiger partial charge in [-0.1, -0.05) is 30.6 Å². The zero-order chi connectivity index (χ0) is 14.9. The van der Waals surface area contributed by atoms with Gasteiger partial charge in [-0.15, -0.1) is 0 Å². The lowest BCUT2D eigenvalue weighted by Crippen LogP contribution is -1.95. The largest absolute Gasteiger partial charge is 0.495 e. The highest BCUT2D eigenvalue weighted by Crippen LogP contribution is 2.38. The monoisotopic (exact) mass is 295 g/mol. The number of carboxylic acid groups (broad SMARTS) is 1. The van der Waals surface area contributed by atoms with Crippen LogP contribution in [0.1, 0.15) is 35.8 Å². The predicted molar refractivity (Wildman–Crippen MR) is 74.5 cm³/mol. The third kappa shape index (κ3) is 2.63. The molecule has 2 rings (SSSR count). The number of hydrogen-bond acceptors (Lipinski definition) is 4. The summed E-state index contributed by atoms with van der Waals surface area (Å²) in [6, 6.07) is 5.04. The molecule has 0 spiro atoms. The molecule has 6 heteroatoms. The smallest absolute Gasteiger partial charge is 0.358 e. The van der Waals surface area contributed by atoms with E-state index in [1.165, 1.54) is 13.2 Å². The summed E-state index contributed by atoms with van der Waals surface area (Å²) in [6.07, 6.45) is 0. The Balaban J connectivity index is 2.59. The van der Waals surface area contributed by atoms with Gasteiger partial charge in [0.25, 0.3) is 0 Å². The summed E-state index contributed by atoms with van der Waals surface area (Å²) in [6.45, 7) is 4.07. The quantitative estimate of drug-likeness (QED) is 0.928. The number of ether oxygens (including phenoxy) is 1. The Kier molecular flexibility index (Phi) is 3.99. The maximum absolute atomic E-state index is 10.8. The number of carbonyl (C=O) groups is 1. The summed E-state index contributed by atoms with van der Waals surface area (Å²) in [5.74, 6) is -0.0702. The summed E-state index contributed by atoms with van der Waals surface area (Å²) >= 11 is 6.25. The van der Waals surface area contributed by atoms with E-state index in [-0.39, 0.29) is 11.6 Å². The van der Waals surface area contributed by atoms with Crippen LogP contribution in [-0.4, -0.2) is 23.3 Å². The van der Waals surface area contributed by atoms with E-state index < -0.39 is 5.97 Å². The van der Waals surface area contributed by atoms with Gasteiger partial charge in [-0.25, -0.2) is 4.79 Å². The minimum absolute atomic E-state index is 0.162. The maximum atomic E-state index is 10.8. The highest BCUT2D eigenvalue weighted by molar-refractivity contribution is 6.34. The first kappa shape index (κ1) is 14.4. The van der Waals surface area contributed by atoms with Gasteiger partial charge in [0.15, 0.2) is 11.5 Å². The second kappa shape index (κ2) is 5.54. The van der Waals surface area contributed by atoms with E-state index in [1.807, 2.05) is 26.0 Å². The van der Waals surface area contributed by atoms with E-state index in [2.05, 4.69) is 5.16 Å². The molecular formula is C14H14ClNO4. The van der Waals surface area contributed by atoms with Crippen LogP contribution in [0.4, 0.5) is 0 Å². The van der Waals surface area contributed by atoms with Gasteiger partial charge in [0.1, 0.15) is 5.75 Å². The van der Waals surface area contributed by atoms with Crippen molar-refractivity contribution < 1.29 is 19.2 Å². The Bertz CT molecular complexity index is 649. The fourth-order valence-electron chi connectivity index (χ4n) is 1.78. The SMILES string of the molecule is COc1cc(C(C)C)cc(-c2cc(C(=O)O)no2)c1Cl. The molecule has 1 N–H and O–H groups in total. The molecule has 0 aliphatic heterocycles. The minimum Gasteiger partial charge on any atom is -0.495 e. The Morgan fingerprint density at radius 2 is 2.10 bits per heavy atom. The number of nitrogens with zero attached hydrogens (tertiary/aromatic N) is 1. The Morgan fingerprint density at radius 1 is 1.40 bits per heavy atom. The van der Waals surface area contributed by atoms with E-state index in [0.717, 1.165) is 5.56 Å². The molecule has 0 atom stereocenters. The molecule has 2 aromatic rings. The van der Waals surface area contributed by atoms with Crippen molar-refractivity contribution in [2.45, 2.75) is 19.8 Å². The molecule has 0 aliphatic rings. The maximum Gasteiger partial charge on any atom is 0.358 e. The normalized spacial score (nSPS) is 10.8. The molecule has 0 bridgehead atoms. The standard InChI is InChI=1S/C14H14ClNO4/c1-7(2)8-4-9(13(15)12(5-8)19-3)11-6-10(14(17)18)16-20-11/h4-7H,1-3H3,(H,17,18). The van der Waals surface area contributed by atoms with Crippen molar-refractivity contribution in [3.05, 3.63) is 34.5 Å². The van der Waals surface area contributed by atoms with Gasteiger partial charge in [-0.05, 0) is 23.6 Å². The summed E-state index contributed by atoms with van der Waals surface area (Å²) in [5, 5.41) is 12.7. The molecule has 0 saturated carbocycles. The van der Waals surface area contributed by atoms with E-state index in [4.69, 9.17) is 26.0 Å². The first-order valence-corrected chi connectivity index (χ1v) is 6.39. The van der Waals surface area contributed by atoms with E-state index >= 15 is 0 Å². The first-order valence-electron chi connectivity index (χ1n) is 6.01. The number of halogens is 1. The van der Waals surface area contributed by atoms with Gasteiger partial charge in [0.2, 0.25) is 0 Å². The molecule has 1 heterocycles. The van der Waals surface area contributed by atoms with Crippen molar-refractivity contribution in [2.75, 3.05) is 7.11 Å². The van der Waals surface area contributed by atoms with Gasteiger partial charge < -0.3 is 14.4 Å². The lowest BCUT2D eigenvalue weighted by Gasteiger charge is -2.12. The van der Waals surface area contributed by atoms with Crippen LogP contribution in [0.25, 0.3) is 11.3 Å². The van der Waals surface area contributed by atoms with Crippen molar-refractivity contribution in [1.29, 1.82) is 0 Å². The molecule has 1 aromatic carbocycles. The summed E-state index contributed by atoms with van der Waals surface area (Å²) in [5.41, 5.74) is 1.41. The van der Waals surface area contributed by atoms with Gasteiger partial charge in [0, 0.05) is 11.6 Å². The second-order valence-corrected chi connectivity index (χ2v) is 5.00. The summed E-state index contributed by atoms with van der Waals surface area (Å²) < 4.78 is 10.3. The predicted octanol–water partition coefficient (Wildman–Crippen LogP) is 3.83. The number of aromatic nitrogens is 1. The van der Waals surface area contributed by atoms with Crippen LogP contribution in [0.2, 0.25) is 5.02 Å². The summed E-state index contributed by atoms with van der Waals surface area (Å²) in [7, 11) is 1.53. The van der Waals surface area contributed by atoms with Crippen molar-refractivity contribution in [1.82, 2.24) is 5.16 Å². The molecule has 5 nitrogen and oxygen atoms in total. The molecule has 0 fully saturated rings. The van der Waals surface area contributed by atoms with Crippen molar-refractivity contribution in [3.63, 3.8) is 0 Å². The number of rotatable bonds is 4. The van der Waals surface area contributed by atoms with Crippen LogP contribution in [0, 0.1) is 0 Å². The molecular weight excluding hydrogens is 282 g/mol. The first-order chi connectivity index (χ1) is 9.43. The molecule has 0 unspecified atom stereocenters. The lowest BCUT2D eigenvalue weighted by atomic mass is 9.99. The Morgan fingerprint density at radius 3 is 2.60 bits per heavy atom. The minimum atomic E-state index is -1.15. The number of aromatic carboxylic acids is 1. The van der Waals surface area contributed by atoms with Crippen LogP contribution in [0.5, 0.6) is 5.75 Å². The number of hydrogen-bond donors (Lipinski definition) is 1. The van der Waals surface area contributed by atoms with Crippen molar-refractivity contribution in [3.8, 4) is 17.1 Å². The molecule has 106 valence electrons. The highest BCUT2D eigenvalue weighted by Gasteiger charge is 2.18. The van der Waals surface area contributed by atoms with Crippen LogP contribution >= 0.6 is 11.6 Å². The third-order valence-electron chi connectivity index (χ3n) is 2.94.